The van der Waals surface area contributed by atoms with Gasteiger partial charge >= 0.3 is 5.97 Å². The molecule has 1 aromatic rings. The van der Waals surface area contributed by atoms with Crippen molar-refractivity contribution in [1.29, 1.82) is 0 Å². The number of aromatic nitrogens is 1. The minimum absolute atomic E-state index is 0.0151. The van der Waals surface area contributed by atoms with E-state index in [4.69, 9.17) is 9.26 Å². The van der Waals surface area contributed by atoms with Gasteiger partial charge in [0.25, 0.3) is 5.91 Å². The van der Waals surface area contributed by atoms with Crippen molar-refractivity contribution in [2.45, 2.75) is 45.6 Å². The number of carbonyl (C=O) groups excluding carboxylic acids is 2. The molecule has 1 amide bonds. The molecule has 0 aliphatic heterocycles. The quantitative estimate of drug-likeness (QED) is 0.851. The lowest BCUT2D eigenvalue weighted by Crippen LogP contribution is -2.42. The second kappa shape index (κ2) is 6.54. The van der Waals surface area contributed by atoms with Crippen LogP contribution in [0, 0.1) is 12.8 Å². The summed E-state index contributed by atoms with van der Waals surface area (Å²) < 4.78 is 9.66. The van der Waals surface area contributed by atoms with Crippen molar-refractivity contribution in [3.8, 4) is 0 Å². The first-order valence-corrected chi connectivity index (χ1v) is 6.96. The van der Waals surface area contributed by atoms with Gasteiger partial charge in [0.2, 0.25) is 5.76 Å². The Morgan fingerprint density at radius 1 is 1.45 bits per heavy atom. The van der Waals surface area contributed by atoms with E-state index in [0.717, 1.165) is 19.3 Å². The molecule has 0 saturated heterocycles. The highest BCUT2D eigenvalue weighted by molar-refractivity contribution is 5.88. The highest BCUT2D eigenvalue weighted by Crippen LogP contribution is 2.23. The second-order valence-electron chi connectivity index (χ2n) is 5.34. The predicted octanol–water partition coefficient (Wildman–Crippen LogP) is 1.83. The Hall–Kier alpha value is -1.85. The van der Waals surface area contributed by atoms with Crippen LogP contribution in [0.15, 0.2) is 10.6 Å². The van der Waals surface area contributed by atoms with Crippen LogP contribution in [0.25, 0.3) is 0 Å². The number of ether oxygens (including phenoxy) is 1. The largest absolute Gasteiger partial charge is 0.450 e. The molecule has 1 saturated carbocycles. The van der Waals surface area contributed by atoms with E-state index in [2.05, 4.69) is 17.4 Å². The number of aryl methyl sites for hydroxylation is 1. The van der Waals surface area contributed by atoms with Crippen LogP contribution < -0.4 is 5.32 Å². The Balaban J connectivity index is 1.76. The third-order valence-electron chi connectivity index (χ3n) is 3.62. The number of hydrogen-bond donors (Lipinski definition) is 1. The van der Waals surface area contributed by atoms with Gasteiger partial charge < -0.3 is 14.6 Å². The summed E-state index contributed by atoms with van der Waals surface area (Å²) in [6.07, 6.45) is 4.46. The van der Waals surface area contributed by atoms with Crippen molar-refractivity contribution in [3.05, 3.63) is 17.5 Å². The summed E-state index contributed by atoms with van der Waals surface area (Å²) in [5, 5.41) is 6.51. The molecular formula is C14H20N2O4. The van der Waals surface area contributed by atoms with E-state index in [0.29, 0.717) is 11.6 Å². The van der Waals surface area contributed by atoms with Crippen LogP contribution in [0.3, 0.4) is 0 Å². The van der Waals surface area contributed by atoms with Crippen molar-refractivity contribution in [1.82, 2.24) is 10.5 Å². The van der Waals surface area contributed by atoms with Gasteiger partial charge in [-0.15, -0.1) is 0 Å². The summed E-state index contributed by atoms with van der Waals surface area (Å²) in [6, 6.07) is 1.66. The number of rotatable bonds is 4. The number of nitrogens with one attached hydrogen (secondary N) is 1. The first-order valence-electron chi connectivity index (χ1n) is 6.96. The molecule has 0 bridgehead atoms. The summed E-state index contributed by atoms with van der Waals surface area (Å²) in [5.41, 5.74) is 0.595. The molecule has 2 rings (SSSR count). The number of hydrogen-bond acceptors (Lipinski definition) is 5. The molecule has 6 heteroatoms. The van der Waals surface area contributed by atoms with Crippen molar-refractivity contribution in [3.63, 3.8) is 0 Å². The molecule has 1 N–H and O–H groups in total. The standard InChI is InChI=1S/C14H20N2O4/c1-9-5-3-4-6-11(9)15-13(17)8-19-14(18)12-7-10(2)16-20-12/h7,9,11H,3-6,8H2,1-2H3,(H,15,17). The molecule has 20 heavy (non-hydrogen) atoms. The monoisotopic (exact) mass is 280 g/mol. The van der Waals surface area contributed by atoms with Crippen molar-refractivity contribution in [2.24, 2.45) is 5.92 Å². The maximum atomic E-state index is 11.8. The van der Waals surface area contributed by atoms with Gasteiger partial charge in [-0.1, -0.05) is 24.9 Å². The first kappa shape index (κ1) is 14.6. The summed E-state index contributed by atoms with van der Waals surface area (Å²) >= 11 is 0. The van der Waals surface area contributed by atoms with Crippen LogP contribution in [-0.4, -0.2) is 29.7 Å². The Kier molecular flexibility index (Phi) is 4.76. The fraction of sp³-hybridized carbons (Fsp3) is 0.643. The van der Waals surface area contributed by atoms with E-state index in [1.165, 1.54) is 12.5 Å². The van der Waals surface area contributed by atoms with Crippen LogP contribution in [0.5, 0.6) is 0 Å². The number of amides is 1. The lowest BCUT2D eigenvalue weighted by atomic mass is 9.86. The second-order valence-corrected chi connectivity index (χ2v) is 5.34. The zero-order valence-corrected chi connectivity index (χ0v) is 11.8. The molecule has 1 aliphatic rings. The molecule has 2 atom stereocenters. The van der Waals surface area contributed by atoms with Crippen molar-refractivity contribution >= 4 is 11.9 Å². The van der Waals surface area contributed by atoms with Crippen molar-refractivity contribution in [2.75, 3.05) is 6.61 Å². The Morgan fingerprint density at radius 2 is 2.20 bits per heavy atom. The highest BCUT2D eigenvalue weighted by atomic mass is 16.6. The molecule has 1 fully saturated rings. The molecule has 1 aliphatic carbocycles. The third-order valence-corrected chi connectivity index (χ3v) is 3.62. The molecule has 110 valence electrons. The summed E-state index contributed by atoms with van der Waals surface area (Å²) in [7, 11) is 0. The maximum absolute atomic E-state index is 11.8. The van der Waals surface area contributed by atoms with Crippen molar-refractivity contribution < 1.29 is 18.8 Å². The minimum atomic E-state index is -0.669. The summed E-state index contributed by atoms with van der Waals surface area (Å²) in [4.78, 5) is 23.3. The minimum Gasteiger partial charge on any atom is -0.450 e. The van der Waals surface area contributed by atoms with Crippen LogP contribution in [0.1, 0.15) is 48.9 Å². The normalized spacial score (nSPS) is 22.3. The maximum Gasteiger partial charge on any atom is 0.377 e. The lowest BCUT2D eigenvalue weighted by Gasteiger charge is -2.29. The van der Waals surface area contributed by atoms with Gasteiger partial charge in [-0.05, 0) is 25.7 Å². The molecule has 1 heterocycles. The van der Waals surface area contributed by atoms with Gasteiger partial charge in [-0.25, -0.2) is 4.79 Å². The number of esters is 1. The van der Waals surface area contributed by atoms with Gasteiger partial charge in [-0.3, -0.25) is 4.79 Å². The van der Waals surface area contributed by atoms with E-state index in [-0.39, 0.29) is 24.3 Å². The first-order chi connectivity index (χ1) is 9.56. The summed E-state index contributed by atoms with van der Waals surface area (Å²) in [5.74, 6) is -0.451. The molecule has 0 radical (unpaired) electrons. The molecule has 6 nitrogen and oxygen atoms in total. The zero-order valence-electron chi connectivity index (χ0n) is 11.8. The Bertz CT molecular complexity index is 483. The van der Waals surface area contributed by atoms with E-state index in [1.807, 2.05) is 0 Å². The van der Waals surface area contributed by atoms with Gasteiger partial charge in [0.15, 0.2) is 6.61 Å². The SMILES string of the molecule is Cc1cc(C(=O)OCC(=O)NC2CCCCC2C)on1. The van der Waals surface area contributed by atoms with Gasteiger partial charge in [-0.2, -0.15) is 0 Å². The van der Waals surface area contributed by atoms with Gasteiger partial charge in [0.1, 0.15) is 0 Å². The molecule has 0 aromatic carbocycles. The van der Waals surface area contributed by atoms with Crippen LogP contribution >= 0.6 is 0 Å². The fourth-order valence-electron chi connectivity index (χ4n) is 2.44. The predicted molar refractivity (Wildman–Crippen MR) is 71.1 cm³/mol. The lowest BCUT2D eigenvalue weighted by molar-refractivity contribution is -0.125. The Labute approximate surface area is 117 Å². The van der Waals surface area contributed by atoms with E-state index in [9.17, 15) is 9.59 Å². The highest BCUT2D eigenvalue weighted by Gasteiger charge is 2.23. The van der Waals surface area contributed by atoms with Gasteiger partial charge in [0.05, 0.1) is 5.69 Å². The smallest absolute Gasteiger partial charge is 0.377 e. The van der Waals surface area contributed by atoms with Crippen LogP contribution in [0.2, 0.25) is 0 Å². The van der Waals surface area contributed by atoms with E-state index < -0.39 is 5.97 Å². The molecular weight excluding hydrogens is 260 g/mol. The van der Waals surface area contributed by atoms with E-state index >= 15 is 0 Å². The average Bonchev–Trinajstić information content (AvgIpc) is 2.85. The van der Waals surface area contributed by atoms with Gasteiger partial charge in [0, 0.05) is 12.1 Å². The summed E-state index contributed by atoms with van der Waals surface area (Å²) in [6.45, 7) is 3.55. The molecule has 1 aromatic heterocycles. The number of carbonyl (C=O) groups is 2. The Morgan fingerprint density at radius 3 is 2.85 bits per heavy atom. The average molecular weight is 280 g/mol. The molecule has 0 spiro atoms. The topological polar surface area (TPSA) is 81.4 Å². The van der Waals surface area contributed by atoms with E-state index in [1.54, 1.807) is 6.92 Å². The third kappa shape index (κ3) is 3.82. The van der Waals surface area contributed by atoms with Crippen LogP contribution in [0.4, 0.5) is 0 Å². The molecule has 2 unspecified atom stereocenters. The zero-order chi connectivity index (χ0) is 14.5. The number of nitrogens with zero attached hydrogens (tertiary/aromatic N) is 1. The fourth-order valence-corrected chi connectivity index (χ4v) is 2.44. The van der Waals surface area contributed by atoms with Crippen LogP contribution in [-0.2, 0) is 9.53 Å².